The third-order valence-electron chi connectivity index (χ3n) is 1.28. The van der Waals surface area contributed by atoms with Crippen molar-refractivity contribution >= 4 is 17.3 Å². The fourth-order valence-electron chi connectivity index (χ4n) is 0.752. The highest BCUT2D eigenvalue weighted by molar-refractivity contribution is 8.12. The molecular formula is C12H21NS. The summed E-state index contributed by atoms with van der Waals surface area (Å²) in [4.78, 5) is 1.16. The highest BCUT2D eigenvalue weighted by Gasteiger charge is 1.92. The van der Waals surface area contributed by atoms with Gasteiger partial charge in [-0.1, -0.05) is 57.7 Å². The van der Waals surface area contributed by atoms with E-state index in [-0.39, 0.29) is 0 Å². The van der Waals surface area contributed by atoms with Gasteiger partial charge in [0.05, 0.1) is 5.55 Å². The zero-order valence-corrected chi connectivity index (χ0v) is 10.6. The van der Waals surface area contributed by atoms with Gasteiger partial charge in [0.2, 0.25) is 0 Å². The molecule has 0 atom stereocenters. The molecule has 0 amide bonds. The van der Waals surface area contributed by atoms with Crippen molar-refractivity contribution < 1.29 is 0 Å². The van der Waals surface area contributed by atoms with Crippen LogP contribution in [-0.4, -0.2) is 5.55 Å². The first-order valence-electron chi connectivity index (χ1n) is 5.06. The molecule has 0 saturated carbocycles. The molecule has 0 heterocycles. The Kier molecular flexibility index (Phi) is 13.7. The Hall–Kier alpha value is -0.760. The van der Waals surface area contributed by atoms with E-state index in [9.17, 15) is 0 Å². The van der Waals surface area contributed by atoms with Crippen LogP contribution in [0.5, 0.6) is 0 Å². The van der Waals surface area contributed by atoms with Crippen LogP contribution in [0, 0.1) is 12.3 Å². The zero-order chi connectivity index (χ0) is 11.4. The lowest BCUT2D eigenvalue weighted by Crippen LogP contribution is -1.75. The van der Waals surface area contributed by atoms with E-state index < -0.39 is 0 Å². The van der Waals surface area contributed by atoms with Crippen molar-refractivity contribution in [1.29, 1.82) is 5.41 Å². The molecule has 1 rings (SSSR count). The molecule has 0 spiro atoms. The van der Waals surface area contributed by atoms with Gasteiger partial charge in [-0.15, -0.1) is 0 Å². The second kappa shape index (κ2) is 12.2. The number of rotatable bonds is 2. The molecule has 1 aromatic rings. The van der Waals surface area contributed by atoms with Crippen LogP contribution in [0.3, 0.4) is 0 Å². The molecule has 0 aliphatic carbocycles. The molecule has 0 bridgehead atoms. The maximum atomic E-state index is 6.87. The maximum Gasteiger partial charge on any atom is 0.0554 e. The summed E-state index contributed by atoms with van der Waals surface area (Å²) in [5.41, 5.74) is 2.58. The largest absolute Gasteiger partial charge is 0.302 e. The minimum atomic E-state index is 1.16. The number of benzene rings is 1. The molecule has 0 fully saturated rings. The Morgan fingerprint density at radius 1 is 1.07 bits per heavy atom. The summed E-state index contributed by atoms with van der Waals surface area (Å²) in [6.45, 7) is 10.0. The van der Waals surface area contributed by atoms with Crippen molar-refractivity contribution in [2.24, 2.45) is 0 Å². The van der Waals surface area contributed by atoms with Crippen molar-refractivity contribution in [3.8, 4) is 0 Å². The highest BCUT2D eigenvalue weighted by Crippen LogP contribution is 2.18. The number of thioether (sulfide) groups is 1. The van der Waals surface area contributed by atoms with Gasteiger partial charge in [0.1, 0.15) is 0 Å². The average molecular weight is 211 g/mol. The quantitative estimate of drug-likeness (QED) is 0.426. The lowest BCUT2D eigenvalue weighted by molar-refractivity contribution is 1.31. The van der Waals surface area contributed by atoms with Crippen LogP contribution >= 0.6 is 11.8 Å². The van der Waals surface area contributed by atoms with Crippen LogP contribution < -0.4 is 0 Å². The third kappa shape index (κ3) is 6.72. The molecule has 0 aromatic heterocycles. The van der Waals surface area contributed by atoms with Crippen molar-refractivity contribution in [3.05, 3.63) is 29.8 Å². The topological polar surface area (TPSA) is 23.9 Å². The van der Waals surface area contributed by atoms with E-state index >= 15 is 0 Å². The van der Waals surface area contributed by atoms with E-state index in [2.05, 4.69) is 0 Å². The van der Waals surface area contributed by atoms with Gasteiger partial charge < -0.3 is 5.41 Å². The van der Waals surface area contributed by atoms with Crippen LogP contribution in [0.1, 0.15) is 33.3 Å². The first kappa shape index (κ1) is 15.7. The lowest BCUT2D eigenvalue weighted by Gasteiger charge is -1.97. The van der Waals surface area contributed by atoms with Gasteiger partial charge in [0.15, 0.2) is 0 Å². The molecule has 14 heavy (non-hydrogen) atoms. The summed E-state index contributed by atoms with van der Waals surface area (Å²) < 4.78 is 0. The smallest absolute Gasteiger partial charge is 0.0554 e. The standard InChI is InChI=1S/C8H9NS.2C2H6/c1-7-4-2-3-5-8(7)10-6-9;2*1-2/h2-6,9H,1H3;2*1-2H3. The van der Waals surface area contributed by atoms with Crippen molar-refractivity contribution in [1.82, 2.24) is 0 Å². The van der Waals surface area contributed by atoms with Gasteiger partial charge in [-0.2, -0.15) is 0 Å². The molecular weight excluding hydrogens is 190 g/mol. The summed E-state index contributed by atoms with van der Waals surface area (Å²) in [5, 5.41) is 6.87. The SMILES string of the molecule is CC.CC.Cc1ccccc1SC=N. The lowest BCUT2D eigenvalue weighted by atomic mass is 10.2. The molecule has 0 unspecified atom stereocenters. The first-order valence-corrected chi connectivity index (χ1v) is 5.94. The van der Waals surface area contributed by atoms with Gasteiger partial charge in [0.25, 0.3) is 0 Å². The number of hydrogen-bond acceptors (Lipinski definition) is 2. The van der Waals surface area contributed by atoms with E-state index in [4.69, 9.17) is 5.41 Å². The second-order valence-electron chi connectivity index (χ2n) is 2.00. The molecule has 1 nitrogen and oxygen atoms in total. The Bertz CT molecular complexity index is 234. The number of nitrogens with one attached hydrogen (secondary N) is 1. The van der Waals surface area contributed by atoms with Crippen LogP contribution in [-0.2, 0) is 0 Å². The maximum absolute atomic E-state index is 6.87. The first-order chi connectivity index (χ1) is 6.84. The molecule has 0 saturated heterocycles. The highest BCUT2D eigenvalue weighted by atomic mass is 32.2. The monoisotopic (exact) mass is 211 g/mol. The summed E-state index contributed by atoms with van der Waals surface area (Å²) in [6, 6.07) is 8.05. The van der Waals surface area contributed by atoms with E-state index in [1.165, 1.54) is 22.9 Å². The Morgan fingerprint density at radius 3 is 2.00 bits per heavy atom. The summed E-state index contributed by atoms with van der Waals surface area (Å²) in [6.07, 6.45) is 0. The molecule has 0 radical (unpaired) electrons. The average Bonchev–Trinajstić information content (AvgIpc) is 2.28. The molecule has 1 aromatic carbocycles. The Morgan fingerprint density at radius 2 is 1.57 bits per heavy atom. The minimum absolute atomic E-state index is 1.16. The minimum Gasteiger partial charge on any atom is -0.302 e. The van der Waals surface area contributed by atoms with Gasteiger partial charge in [-0.3, -0.25) is 0 Å². The summed E-state index contributed by atoms with van der Waals surface area (Å²) in [5.74, 6) is 0. The van der Waals surface area contributed by atoms with Crippen molar-refractivity contribution in [2.75, 3.05) is 0 Å². The van der Waals surface area contributed by atoms with Crippen molar-refractivity contribution in [2.45, 2.75) is 39.5 Å². The predicted octanol–water partition coefficient (Wildman–Crippen LogP) is 4.75. The van der Waals surface area contributed by atoms with Crippen molar-refractivity contribution in [3.63, 3.8) is 0 Å². The Labute approximate surface area is 92.4 Å². The van der Waals surface area contributed by atoms with Crippen LogP contribution in [0.2, 0.25) is 0 Å². The van der Waals surface area contributed by atoms with Gasteiger partial charge in [0, 0.05) is 4.90 Å². The van der Waals surface area contributed by atoms with E-state index in [1.54, 1.807) is 0 Å². The summed E-state index contributed by atoms with van der Waals surface area (Å²) in [7, 11) is 0. The van der Waals surface area contributed by atoms with Crippen LogP contribution in [0.25, 0.3) is 0 Å². The van der Waals surface area contributed by atoms with Gasteiger partial charge >= 0.3 is 0 Å². The molecule has 2 heteroatoms. The van der Waals surface area contributed by atoms with E-state index in [0.717, 1.165) is 4.90 Å². The van der Waals surface area contributed by atoms with E-state index in [0.29, 0.717) is 0 Å². The fourth-order valence-corrected chi connectivity index (χ4v) is 1.29. The molecule has 0 aliphatic rings. The van der Waals surface area contributed by atoms with Crippen LogP contribution in [0.15, 0.2) is 29.2 Å². The molecule has 80 valence electrons. The van der Waals surface area contributed by atoms with Gasteiger partial charge in [-0.25, -0.2) is 0 Å². The third-order valence-corrected chi connectivity index (χ3v) is 2.11. The predicted molar refractivity (Wildman–Crippen MR) is 68.5 cm³/mol. The number of hydrogen-bond donors (Lipinski definition) is 1. The fraction of sp³-hybridized carbons (Fsp3) is 0.417. The van der Waals surface area contributed by atoms with E-state index in [1.807, 2.05) is 58.9 Å². The van der Waals surface area contributed by atoms with Crippen LogP contribution in [0.4, 0.5) is 0 Å². The molecule has 1 N–H and O–H groups in total. The summed E-state index contributed by atoms with van der Waals surface area (Å²) >= 11 is 1.44. The normalized spacial score (nSPS) is 7.50. The second-order valence-corrected chi connectivity index (χ2v) is 2.91. The molecule has 0 aliphatic heterocycles. The van der Waals surface area contributed by atoms with Gasteiger partial charge in [-0.05, 0) is 18.6 Å². The zero-order valence-electron chi connectivity index (χ0n) is 9.79. The Balaban J connectivity index is 0. The number of aryl methyl sites for hydroxylation is 1.